The number of carbonyl (C=O) groups excluding carboxylic acids is 2. The molecule has 2 heteroatoms. The van der Waals surface area contributed by atoms with Gasteiger partial charge in [0.05, 0.1) is 0 Å². The number of fused-ring (bicyclic) bond motifs is 5. The summed E-state index contributed by atoms with van der Waals surface area (Å²) in [5.41, 5.74) is 2.90. The minimum atomic E-state index is -0.0686. The van der Waals surface area contributed by atoms with Crippen LogP contribution in [0.5, 0.6) is 0 Å². The Balaban J connectivity index is 1.56. The Morgan fingerprint density at radius 1 is 0.926 bits per heavy atom. The van der Waals surface area contributed by atoms with Crippen molar-refractivity contribution in [2.45, 2.75) is 64.7 Å². The van der Waals surface area contributed by atoms with Crippen molar-refractivity contribution in [1.82, 2.24) is 0 Å². The summed E-state index contributed by atoms with van der Waals surface area (Å²) in [5, 5.41) is 0. The van der Waals surface area contributed by atoms with Crippen LogP contribution in [0.25, 0.3) is 0 Å². The molecule has 1 aromatic rings. The highest BCUT2D eigenvalue weighted by Crippen LogP contribution is 2.65. The molecule has 1 aromatic carbocycles. The van der Waals surface area contributed by atoms with Crippen LogP contribution in [0.3, 0.4) is 0 Å². The van der Waals surface area contributed by atoms with Crippen LogP contribution < -0.4 is 0 Å². The number of allylic oxidation sites excluding steroid dienone is 1. The van der Waals surface area contributed by atoms with Crippen molar-refractivity contribution in [3.8, 4) is 0 Å². The van der Waals surface area contributed by atoms with E-state index in [4.69, 9.17) is 0 Å². The van der Waals surface area contributed by atoms with E-state index in [0.29, 0.717) is 35.7 Å². The van der Waals surface area contributed by atoms with E-state index < -0.39 is 0 Å². The zero-order valence-corrected chi connectivity index (χ0v) is 16.4. The number of benzene rings is 1. The highest BCUT2D eigenvalue weighted by atomic mass is 16.1. The van der Waals surface area contributed by atoms with Gasteiger partial charge in [-0.3, -0.25) is 9.59 Å². The van der Waals surface area contributed by atoms with Gasteiger partial charge in [-0.15, -0.1) is 0 Å². The molecule has 0 saturated heterocycles. The molecule has 0 aromatic heterocycles. The normalized spacial score (nSPS) is 40.8. The predicted octanol–water partition coefficient (Wildman–Crippen LogP) is 5.31. The number of ketones is 2. The van der Waals surface area contributed by atoms with Crippen molar-refractivity contribution < 1.29 is 9.59 Å². The van der Waals surface area contributed by atoms with Crippen LogP contribution in [0, 0.1) is 28.6 Å². The van der Waals surface area contributed by atoms with Gasteiger partial charge in [0.2, 0.25) is 0 Å². The maximum absolute atomic E-state index is 12.6. The Kier molecular flexibility index (Phi) is 3.97. The first kappa shape index (κ1) is 17.4. The lowest BCUT2D eigenvalue weighted by atomic mass is 9.46. The van der Waals surface area contributed by atoms with Crippen molar-refractivity contribution in [1.29, 1.82) is 0 Å². The molecule has 2 nitrogen and oxygen atoms in total. The highest BCUT2D eigenvalue weighted by Gasteiger charge is 2.60. The van der Waals surface area contributed by atoms with Crippen molar-refractivity contribution in [2.24, 2.45) is 28.6 Å². The molecule has 5 atom stereocenters. The maximum atomic E-state index is 12.6. The molecule has 142 valence electrons. The van der Waals surface area contributed by atoms with E-state index in [1.165, 1.54) is 17.6 Å². The van der Waals surface area contributed by atoms with Crippen molar-refractivity contribution in [3.63, 3.8) is 0 Å². The van der Waals surface area contributed by atoms with Crippen LogP contribution in [0.1, 0.15) is 63.9 Å². The second-order valence-electron chi connectivity index (χ2n) is 9.79. The molecule has 3 fully saturated rings. The minimum Gasteiger partial charge on any atom is -0.299 e. The van der Waals surface area contributed by atoms with Crippen LogP contribution in [0.2, 0.25) is 0 Å². The molecule has 4 aliphatic carbocycles. The zero-order chi connectivity index (χ0) is 18.6. The second kappa shape index (κ2) is 6.15. The van der Waals surface area contributed by atoms with Gasteiger partial charge in [0, 0.05) is 18.3 Å². The van der Waals surface area contributed by atoms with Gasteiger partial charge in [-0.05, 0) is 79.8 Å². The monoisotopic (exact) mass is 362 g/mol. The average molecular weight is 363 g/mol. The van der Waals surface area contributed by atoms with Crippen LogP contribution in [-0.2, 0) is 16.0 Å². The smallest absolute Gasteiger partial charge is 0.155 e. The quantitative estimate of drug-likeness (QED) is 0.714. The van der Waals surface area contributed by atoms with Gasteiger partial charge in [-0.1, -0.05) is 42.8 Å². The van der Waals surface area contributed by atoms with Crippen molar-refractivity contribution in [2.75, 3.05) is 0 Å². The van der Waals surface area contributed by atoms with Crippen LogP contribution in [0.15, 0.2) is 42.0 Å². The number of rotatable bonds is 2. The van der Waals surface area contributed by atoms with E-state index in [0.717, 1.165) is 44.9 Å². The number of carbonyl (C=O) groups is 2. The molecule has 5 rings (SSSR count). The third kappa shape index (κ3) is 2.52. The fourth-order valence-corrected chi connectivity index (χ4v) is 7.42. The van der Waals surface area contributed by atoms with E-state index in [2.05, 4.69) is 37.3 Å². The average Bonchev–Trinajstić information content (AvgIpc) is 2.98. The van der Waals surface area contributed by atoms with Gasteiger partial charge >= 0.3 is 0 Å². The van der Waals surface area contributed by atoms with Gasteiger partial charge in [-0.2, -0.15) is 0 Å². The zero-order valence-electron chi connectivity index (χ0n) is 16.4. The SMILES string of the molecule is C[C@]12CC[C@@H]3[C@@H](CCC4=CC(=O)CC[C@@]43Cc3ccccc3)[C@@H]1CCC2=O. The number of hydrogen-bond acceptors (Lipinski definition) is 2. The van der Waals surface area contributed by atoms with Gasteiger partial charge in [0.1, 0.15) is 5.78 Å². The largest absolute Gasteiger partial charge is 0.299 e. The summed E-state index contributed by atoms with van der Waals surface area (Å²) in [7, 11) is 0. The Bertz CT molecular complexity index is 807. The van der Waals surface area contributed by atoms with E-state index in [9.17, 15) is 9.59 Å². The van der Waals surface area contributed by atoms with E-state index in [1.807, 2.05) is 6.08 Å². The molecule has 27 heavy (non-hydrogen) atoms. The third-order valence-electron chi connectivity index (χ3n) is 8.76. The summed E-state index contributed by atoms with van der Waals surface area (Å²) >= 11 is 0. The molecular formula is C25H30O2. The summed E-state index contributed by atoms with van der Waals surface area (Å²) in [6.07, 6.45) is 11.1. The van der Waals surface area contributed by atoms with Crippen LogP contribution in [-0.4, -0.2) is 11.6 Å². The van der Waals surface area contributed by atoms with Gasteiger partial charge in [-0.25, -0.2) is 0 Å². The van der Waals surface area contributed by atoms with Crippen LogP contribution in [0.4, 0.5) is 0 Å². The lowest BCUT2D eigenvalue weighted by molar-refractivity contribution is -0.132. The lowest BCUT2D eigenvalue weighted by Crippen LogP contribution is -2.52. The predicted molar refractivity (Wildman–Crippen MR) is 106 cm³/mol. The summed E-state index contributed by atoms with van der Waals surface area (Å²) in [5.74, 6) is 2.70. The fourth-order valence-electron chi connectivity index (χ4n) is 7.42. The van der Waals surface area contributed by atoms with E-state index in [1.54, 1.807) is 0 Å². The van der Waals surface area contributed by atoms with Gasteiger partial charge < -0.3 is 0 Å². The standard InChI is InChI=1S/C25H30O2/c1-24-13-12-22-20(21(24)9-10-23(24)27)8-7-18-15-19(26)11-14-25(18,22)16-17-5-3-2-4-6-17/h2-6,15,20-22H,7-14,16H2,1H3/t20-,21-,22+,24-,25+/m0/s1. The summed E-state index contributed by atoms with van der Waals surface area (Å²) in [4.78, 5) is 24.9. The Morgan fingerprint density at radius 2 is 1.74 bits per heavy atom. The maximum Gasteiger partial charge on any atom is 0.155 e. The molecule has 0 unspecified atom stereocenters. The number of hydrogen-bond donors (Lipinski definition) is 0. The fraction of sp³-hybridized carbons (Fsp3) is 0.600. The molecule has 0 bridgehead atoms. The van der Waals surface area contributed by atoms with Gasteiger partial charge in [0.15, 0.2) is 5.78 Å². The molecule has 3 saturated carbocycles. The Labute approximate surface area is 162 Å². The third-order valence-corrected chi connectivity index (χ3v) is 8.76. The molecule has 0 heterocycles. The topological polar surface area (TPSA) is 34.1 Å². The van der Waals surface area contributed by atoms with Crippen LogP contribution >= 0.6 is 0 Å². The highest BCUT2D eigenvalue weighted by molar-refractivity contribution is 5.92. The summed E-state index contributed by atoms with van der Waals surface area (Å²) in [6, 6.07) is 10.9. The molecule has 4 aliphatic rings. The first-order chi connectivity index (χ1) is 13.0. The first-order valence-corrected chi connectivity index (χ1v) is 10.8. The second-order valence-corrected chi connectivity index (χ2v) is 9.79. The lowest BCUT2D eigenvalue weighted by Gasteiger charge is -2.58. The molecule has 0 radical (unpaired) electrons. The summed E-state index contributed by atoms with van der Waals surface area (Å²) in [6.45, 7) is 2.25. The van der Waals surface area contributed by atoms with Crippen molar-refractivity contribution >= 4 is 11.6 Å². The minimum absolute atomic E-state index is 0.0686. The molecular weight excluding hydrogens is 332 g/mol. The first-order valence-electron chi connectivity index (χ1n) is 10.8. The van der Waals surface area contributed by atoms with Crippen molar-refractivity contribution in [3.05, 3.63) is 47.5 Å². The molecule has 0 spiro atoms. The number of Topliss-reactive ketones (excluding diaryl/α,β-unsaturated/α-hetero) is 1. The molecule has 0 aliphatic heterocycles. The van der Waals surface area contributed by atoms with E-state index >= 15 is 0 Å². The Morgan fingerprint density at radius 3 is 2.56 bits per heavy atom. The van der Waals surface area contributed by atoms with E-state index in [-0.39, 0.29) is 10.8 Å². The molecule has 0 N–H and O–H groups in total. The van der Waals surface area contributed by atoms with Gasteiger partial charge in [0.25, 0.3) is 0 Å². The molecule has 0 amide bonds. The Hall–Kier alpha value is -1.70. The summed E-state index contributed by atoms with van der Waals surface area (Å²) < 4.78 is 0.